The summed E-state index contributed by atoms with van der Waals surface area (Å²) in [4.78, 5) is 23.3. The largest absolute Gasteiger partial charge is 0.387 e. The monoisotopic (exact) mass is 482 g/mol. The Kier molecular flexibility index (Phi) is 25.9. The Hall–Kier alpha value is -2.42. The quantitative estimate of drug-likeness (QED) is 0.0507. The van der Waals surface area contributed by atoms with Crippen LogP contribution in [0, 0.1) is 0 Å². The minimum atomic E-state index is -0.671. The van der Waals surface area contributed by atoms with E-state index in [-0.39, 0.29) is 0 Å². The molecule has 0 radical (unpaired) electrons. The molecule has 0 aliphatic rings. The van der Waals surface area contributed by atoms with E-state index in [0.29, 0.717) is 0 Å². The van der Waals surface area contributed by atoms with Crippen LogP contribution in [0.4, 0.5) is 0 Å². The van der Waals surface area contributed by atoms with Crippen molar-refractivity contribution < 1.29 is 14.3 Å². The summed E-state index contributed by atoms with van der Waals surface area (Å²) in [5.74, 6) is -1.34. The van der Waals surface area contributed by atoms with Crippen molar-refractivity contribution in [1.29, 1.82) is 0 Å². The molecule has 0 aromatic carbocycles. The molecule has 0 rings (SSSR count). The molecule has 0 aliphatic heterocycles. The number of carbonyl (C=O) groups is 2. The molecular weight excluding hydrogens is 432 g/mol. The van der Waals surface area contributed by atoms with Gasteiger partial charge in [-0.3, -0.25) is 0 Å². The Morgan fingerprint density at radius 3 is 1.20 bits per heavy atom. The van der Waals surface area contributed by atoms with Crippen LogP contribution >= 0.6 is 0 Å². The van der Waals surface area contributed by atoms with Gasteiger partial charge in [-0.15, -0.1) is 0 Å². The van der Waals surface area contributed by atoms with E-state index in [2.05, 4.69) is 26.0 Å². The van der Waals surface area contributed by atoms with Gasteiger partial charge in [-0.1, -0.05) is 152 Å². The van der Waals surface area contributed by atoms with Gasteiger partial charge in [0.15, 0.2) is 0 Å². The zero-order valence-corrected chi connectivity index (χ0v) is 22.5. The highest BCUT2D eigenvalue weighted by atomic mass is 16.6. The van der Waals surface area contributed by atoms with Gasteiger partial charge < -0.3 is 4.74 Å². The van der Waals surface area contributed by atoms with Gasteiger partial charge in [-0.25, -0.2) is 9.59 Å². The number of hydrogen-bond acceptors (Lipinski definition) is 3. The minimum Gasteiger partial charge on any atom is -0.387 e. The van der Waals surface area contributed by atoms with Gasteiger partial charge >= 0.3 is 11.9 Å². The molecule has 3 nitrogen and oxygen atoms in total. The van der Waals surface area contributed by atoms with Gasteiger partial charge in [0.2, 0.25) is 0 Å². The minimum absolute atomic E-state index is 0.671. The summed E-state index contributed by atoms with van der Waals surface area (Å²) in [7, 11) is 0. The summed E-state index contributed by atoms with van der Waals surface area (Å²) in [6.07, 6.45) is 41.7. The maximum atomic E-state index is 11.6. The summed E-state index contributed by atoms with van der Waals surface area (Å²) >= 11 is 0. The van der Waals surface area contributed by atoms with Crippen LogP contribution in [0.2, 0.25) is 0 Å². The highest BCUT2D eigenvalue weighted by Gasteiger charge is 2.01. The number of unbranched alkanes of at least 4 members (excludes halogenated alkanes) is 14. The highest BCUT2D eigenvalue weighted by molar-refractivity contribution is 5.96. The Balaban J connectivity index is 3.79. The van der Waals surface area contributed by atoms with E-state index in [1.807, 2.05) is 24.3 Å². The Morgan fingerprint density at radius 2 is 0.800 bits per heavy atom. The molecule has 0 aromatic rings. The van der Waals surface area contributed by atoms with Gasteiger partial charge in [-0.05, 0) is 25.7 Å². The molecule has 0 amide bonds. The van der Waals surface area contributed by atoms with Crippen LogP contribution in [0.15, 0.2) is 72.9 Å². The van der Waals surface area contributed by atoms with E-state index in [0.717, 1.165) is 12.8 Å². The van der Waals surface area contributed by atoms with Gasteiger partial charge in [0, 0.05) is 12.2 Å². The van der Waals surface area contributed by atoms with Gasteiger partial charge in [0.25, 0.3) is 0 Å². The van der Waals surface area contributed by atoms with E-state index in [9.17, 15) is 9.59 Å². The fourth-order valence-corrected chi connectivity index (χ4v) is 3.48. The molecule has 196 valence electrons. The summed E-state index contributed by atoms with van der Waals surface area (Å²) < 4.78 is 4.71. The van der Waals surface area contributed by atoms with E-state index in [1.165, 1.54) is 102 Å². The van der Waals surface area contributed by atoms with Crippen LogP contribution in [0.3, 0.4) is 0 Å². The SMILES string of the molecule is CCCCCCCCCC=CC=CC=CC(=O)OC(=O)C=CC=CC=CCCCCCCCCC. The second kappa shape index (κ2) is 27.8. The summed E-state index contributed by atoms with van der Waals surface area (Å²) in [6.45, 7) is 4.48. The third kappa shape index (κ3) is 27.7. The summed E-state index contributed by atoms with van der Waals surface area (Å²) in [6, 6.07) is 0. The molecule has 0 bridgehead atoms. The van der Waals surface area contributed by atoms with Crippen molar-refractivity contribution in [2.45, 2.75) is 117 Å². The third-order valence-electron chi connectivity index (χ3n) is 5.55. The fourth-order valence-electron chi connectivity index (χ4n) is 3.48. The van der Waals surface area contributed by atoms with Crippen molar-refractivity contribution in [1.82, 2.24) is 0 Å². The topological polar surface area (TPSA) is 43.4 Å². The predicted octanol–water partition coefficient (Wildman–Crippen LogP) is 9.67. The van der Waals surface area contributed by atoms with E-state index < -0.39 is 11.9 Å². The van der Waals surface area contributed by atoms with E-state index in [1.54, 1.807) is 24.3 Å². The molecule has 0 spiro atoms. The van der Waals surface area contributed by atoms with Crippen LogP contribution in [0.5, 0.6) is 0 Å². The van der Waals surface area contributed by atoms with Crippen molar-refractivity contribution in [3.63, 3.8) is 0 Å². The predicted molar refractivity (Wildman–Crippen MR) is 151 cm³/mol. The third-order valence-corrected chi connectivity index (χ3v) is 5.55. The first-order valence-corrected chi connectivity index (χ1v) is 14.0. The molecule has 0 atom stereocenters. The average Bonchev–Trinajstić information content (AvgIpc) is 2.85. The second-order valence-corrected chi connectivity index (χ2v) is 8.90. The van der Waals surface area contributed by atoms with Crippen molar-refractivity contribution in [2.24, 2.45) is 0 Å². The first-order chi connectivity index (χ1) is 17.2. The van der Waals surface area contributed by atoms with Gasteiger partial charge in [-0.2, -0.15) is 0 Å². The molecule has 0 N–H and O–H groups in total. The number of allylic oxidation sites excluding steroid dienone is 10. The maximum Gasteiger partial charge on any atom is 0.338 e. The van der Waals surface area contributed by atoms with E-state index >= 15 is 0 Å². The molecule has 3 heteroatoms. The van der Waals surface area contributed by atoms with Crippen LogP contribution in [-0.2, 0) is 14.3 Å². The summed E-state index contributed by atoms with van der Waals surface area (Å²) in [5, 5.41) is 0. The molecule has 0 heterocycles. The Morgan fingerprint density at radius 1 is 0.457 bits per heavy atom. The molecular formula is C32H50O3. The Bertz CT molecular complexity index is 619. The smallest absolute Gasteiger partial charge is 0.338 e. The lowest BCUT2D eigenvalue weighted by Crippen LogP contribution is -2.06. The first-order valence-electron chi connectivity index (χ1n) is 14.0. The number of ether oxygens (including phenoxy) is 1. The molecule has 0 unspecified atom stereocenters. The number of esters is 2. The fraction of sp³-hybridized carbons (Fsp3) is 0.562. The standard InChI is InChI=1S/C32H50O3/c1-3-5-7-9-11-13-15-17-19-21-23-25-27-29-31(33)35-32(34)30-28-26-24-22-20-18-16-14-12-10-8-6-4-2/h19-30H,3-18H2,1-2H3. The number of rotatable bonds is 22. The zero-order valence-electron chi connectivity index (χ0n) is 22.5. The lowest BCUT2D eigenvalue weighted by Gasteiger charge is -1.98. The van der Waals surface area contributed by atoms with Crippen LogP contribution in [0.1, 0.15) is 117 Å². The van der Waals surface area contributed by atoms with Crippen LogP contribution < -0.4 is 0 Å². The second-order valence-electron chi connectivity index (χ2n) is 8.90. The molecule has 35 heavy (non-hydrogen) atoms. The number of hydrogen-bond donors (Lipinski definition) is 0. The highest BCUT2D eigenvalue weighted by Crippen LogP contribution is 2.09. The number of carbonyl (C=O) groups excluding carboxylic acids is 2. The summed E-state index contributed by atoms with van der Waals surface area (Å²) in [5.41, 5.74) is 0. The molecule has 0 saturated carbocycles. The van der Waals surface area contributed by atoms with Crippen molar-refractivity contribution in [2.75, 3.05) is 0 Å². The van der Waals surface area contributed by atoms with Gasteiger partial charge in [0.1, 0.15) is 0 Å². The van der Waals surface area contributed by atoms with Crippen LogP contribution in [0.25, 0.3) is 0 Å². The molecule has 0 aliphatic carbocycles. The zero-order chi connectivity index (χ0) is 25.7. The normalized spacial score (nSPS) is 12.5. The molecule has 0 saturated heterocycles. The molecule has 0 aromatic heterocycles. The van der Waals surface area contributed by atoms with Crippen molar-refractivity contribution in [3.8, 4) is 0 Å². The Labute approximate surface area is 215 Å². The van der Waals surface area contributed by atoms with E-state index in [4.69, 9.17) is 4.74 Å². The maximum absolute atomic E-state index is 11.6. The average molecular weight is 483 g/mol. The lowest BCUT2D eigenvalue weighted by atomic mass is 10.1. The van der Waals surface area contributed by atoms with Crippen LogP contribution in [-0.4, -0.2) is 11.9 Å². The lowest BCUT2D eigenvalue weighted by molar-refractivity contribution is -0.152. The molecule has 0 fully saturated rings. The van der Waals surface area contributed by atoms with Gasteiger partial charge in [0.05, 0.1) is 0 Å². The van der Waals surface area contributed by atoms with Crippen molar-refractivity contribution in [3.05, 3.63) is 72.9 Å². The van der Waals surface area contributed by atoms with Crippen molar-refractivity contribution >= 4 is 11.9 Å². The first kappa shape index (κ1) is 32.6.